The van der Waals surface area contributed by atoms with Crippen LogP contribution in [-0.2, 0) is 0 Å². The monoisotopic (exact) mass is 659 g/mol. The Morgan fingerprint density at radius 1 is 1.04 bits per heavy atom. The zero-order valence-electron chi connectivity index (χ0n) is 29.8. The number of aromatic amines is 2. The molecule has 260 valence electrons. The van der Waals surface area contributed by atoms with Crippen molar-refractivity contribution >= 4 is 35.0 Å². The van der Waals surface area contributed by atoms with Crippen molar-refractivity contribution in [3.05, 3.63) is 91.1 Å². The van der Waals surface area contributed by atoms with Crippen molar-refractivity contribution < 1.29 is 9.13 Å². The Morgan fingerprint density at radius 2 is 1.71 bits per heavy atom. The van der Waals surface area contributed by atoms with Gasteiger partial charge in [-0.1, -0.05) is 47.6 Å². The second-order valence-electron chi connectivity index (χ2n) is 9.99. The van der Waals surface area contributed by atoms with E-state index in [-0.39, 0.29) is 12.5 Å². The third-order valence-corrected chi connectivity index (χ3v) is 7.02. The Kier molecular flexibility index (Phi) is 17.8. The first-order valence-electron chi connectivity index (χ1n) is 17.0. The number of H-pyrrole nitrogens is 2. The maximum Gasteiger partial charge on any atom is 0.181 e. The number of fused-ring (bicyclic) bond motifs is 1. The molecule has 48 heavy (non-hydrogen) atoms. The van der Waals surface area contributed by atoms with Gasteiger partial charge >= 0.3 is 0 Å². The van der Waals surface area contributed by atoms with Crippen molar-refractivity contribution in [2.45, 2.75) is 67.2 Å². The van der Waals surface area contributed by atoms with Crippen molar-refractivity contribution in [1.29, 1.82) is 0 Å². The number of pyridine rings is 1. The van der Waals surface area contributed by atoms with E-state index in [0.717, 1.165) is 43.1 Å². The van der Waals surface area contributed by atoms with Crippen LogP contribution in [0.15, 0.2) is 89.5 Å². The second-order valence-corrected chi connectivity index (χ2v) is 9.99. The molecule has 0 radical (unpaired) electrons. The van der Waals surface area contributed by atoms with E-state index in [9.17, 15) is 4.39 Å². The summed E-state index contributed by atoms with van der Waals surface area (Å²) in [5.41, 5.74) is 2.98. The topological polar surface area (TPSA) is 110 Å². The molecule has 3 N–H and O–H groups in total. The van der Waals surface area contributed by atoms with Gasteiger partial charge in [-0.25, -0.2) is 14.4 Å². The van der Waals surface area contributed by atoms with Crippen LogP contribution < -0.4 is 15.0 Å². The van der Waals surface area contributed by atoms with E-state index in [1.165, 1.54) is 12.8 Å². The Morgan fingerprint density at radius 3 is 2.33 bits per heavy atom. The molecular weight excluding hydrogens is 605 g/mol. The molecule has 3 aromatic heterocycles. The molecule has 1 saturated carbocycles. The molecule has 1 aromatic carbocycles. The molecule has 0 bridgehead atoms. The van der Waals surface area contributed by atoms with Gasteiger partial charge in [0, 0.05) is 85.1 Å². The molecule has 2 aliphatic rings. The first-order valence-corrected chi connectivity index (χ1v) is 17.0. The Balaban J connectivity index is 0.000000816. The minimum absolute atomic E-state index is 0.0537. The van der Waals surface area contributed by atoms with Crippen LogP contribution >= 0.6 is 0 Å². The minimum Gasteiger partial charge on any atom is -0.468 e. The lowest BCUT2D eigenvalue weighted by atomic mass is 10.2. The number of nitrogens with one attached hydrogen (secondary N) is 3. The molecule has 1 aliphatic heterocycles. The van der Waals surface area contributed by atoms with Gasteiger partial charge in [-0.2, -0.15) is 5.10 Å². The number of rotatable bonds is 9. The summed E-state index contributed by atoms with van der Waals surface area (Å²) in [4.78, 5) is 20.5. The summed E-state index contributed by atoms with van der Waals surface area (Å²) in [6.45, 7) is 24.0. The highest BCUT2D eigenvalue weighted by Gasteiger charge is 2.26. The van der Waals surface area contributed by atoms with Crippen LogP contribution in [0.1, 0.15) is 72.9 Å². The molecule has 6 rings (SSSR count). The Bertz CT molecular complexity index is 1550. The fourth-order valence-electron chi connectivity index (χ4n) is 4.72. The summed E-state index contributed by atoms with van der Waals surface area (Å²) in [7, 11) is 0. The molecule has 4 heterocycles. The molecule has 2 fully saturated rings. The normalized spacial score (nSPS) is 14.1. The summed E-state index contributed by atoms with van der Waals surface area (Å²) in [5, 5.41) is 11.2. The summed E-state index contributed by atoms with van der Waals surface area (Å²) >= 11 is 0. The summed E-state index contributed by atoms with van der Waals surface area (Å²) < 4.78 is 20.6. The lowest BCUT2D eigenvalue weighted by Crippen LogP contribution is -2.48. The van der Waals surface area contributed by atoms with E-state index in [1.54, 1.807) is 42.9 Å². The number of benzene rings is 1. The predicted molar refractivity (Wildman–Crippen MR) is 201 cm³/mol. The van der Waals surface area contributed by atoms with E-state index < -0.39 is 5.82 Å². The van der Waals surface area contributed by atoms with Crippen molar-refractivity contribution in [3.63, 3.8) is 0 Å². The van der Waals surface area contributed by atoms with Gasteiger partial charge in [-0.3, -0.25) is 10.1 Å². The van der Waals surface area contributed by atoms with Crippen LogP contribution in [0.4, 0.5) is 15.9 Å². The first-order chi connectivity index (χ1) is 23.6. The zero-order valence-corrected chi connectivity index (χ0v) is 29.8. The quantitative estimate of drug-likeness (QED) is 0.0942. The number of hydrogen-bond donors (Lipinski definition) is 3. The molecule has 4 aromatic rings. The lowest BCUT2D eigenvalue weighted by Gasteiger charge is -2.37. The highest BCUT2D eigenvalue weighted by atomic mass is 19.1. The van der Waals surface area contributed by atoms with Crippen LogP contribution in [0.2, 0.25) is 0 Å². The van der Waals surface area contributed by atoms with Crippen molar-refractivity contribution in [1.82, 2.24) is 25.1 Å². The number of piperazine rings is 1. The number of halogens is 1. The van der Waals surface area contributed by atoms with Gasteiger partial charge in [-0.05, 0) is 56.8 Å². The molecule has 1 aliphatic carbocycles. The van der Waals surface area contributed by atoms with Crippen molar-refractivity contribution in [2.24, 2.45) is 9.98 Å². The maximum absolute atomic E-state index is 14.9. The van der Waals surface area contributed by atoms with Gasteiger partial charge in [0.2, 0.25) is 0 Å². The molecular formula is C37H54FN9O. The van der Waals surface area contributed by atoms with Gasteiger partial charge < -0.3 is 24.8 Å². The van der Waals surface area contributed by atoms with Crippen LogP contribution in [0.25, 0.3) is 10.9 Å². The average Bonchev–Trinajstić information content (AvgIpc) is 3.69. The largest absolute Gasteiger partial charge is 0.468 e. The van der Waals surface area contributed by atoms with Crippen molar-refractivity contribution in [2.75, 3.05) is 43.1 Å². The average molecular weight is 660 g/mol. The van der Waals surface area contributed by atoms with Crippen LogP contribution in [0.3, 0.4) is 0 Å². The number of hydrogen-bond acceptors (Lipinski definition) is 7. The number of anilines is 2. The molecule has 0 atom stereocenters. The van der Waals surface area contributed by atoms with Gasteiger partial charge in [0.1, 0.15) is 11.7 Å². The molecule has 0 unspecified atom stereocenters. The molecule has 0 spiro atoms. The van der Waals surface area contributed by atoms with E-state index in [2.05, 4.69) is 53.6 Å². The predicted octanol–water partition coefficient (Wildman–Crippen LogP) is 8.78. The number of amidine groups is 1. The first kappa shape index (κ1) is 39.2. The molecule has 10 nitrogen and oxygen atoms in total. The molecule has 1 saturated heterocycles. The zero-order chi connectivity index (χ0) is 35.3. The second kappa shape index (κ2) is 21.8. The van der Waals surface area contributed by atoms with Gasteiger partial charge in [0.05, 0.1) is 0 Å². The fraction of sp³-hybridized carbons (Fsp3) is 0.405. The minimum atomic E-state index is -0.410. The van der Waals surface area contributed by atoms with Crippen molar-refractivity contribution in [3.8, 4) is 5.75 Å². The van der Waals surface area contributed by atoms with Gasteiger partial charge in [0.25, 0.3) is 0 Å². The smallest absolute Gasteiger partial charge is 0.181 e. The number of allylic oxidation sites excluding steroid dienone is 1. The highest BCUT2D eigenvalue weighted by molar-refractivity contribution is 5.94. The molecule has 0 amide bonds. The fourth-order valence-corrected chi connectivity index (χ4v) is 4.72. The van der Waals surface area contributed by atoms with E-state index >= 15 is 0 Å². The summed E-state index contributed by atoms with van der Waals surface area (Å²) in [6, 6.07) is 11.1. The van der Waals surface area contributed by atoms with Gasteiger partial charge in [0.15, 0.2) is 24.1 Å². The third kappa shape index (κ3) is 11.4. The SMILES string of the molecule is C=CC.C=N/C(=C\C(=N/COc1ccc2[nH]ccc2c1F)N1CCN(c2ccncc2)CC1)Nc1cc(C2CC2)[nH]n1.CC.CC.CC. The lowest BCUT2D eigenvalue weighted by molar-refractivity contribution is 0.309. The number of nitrogens with zero attached hydrogens (tertiary/aromatic N) is 6. The Labute approximate surface area is 285 Å². The third-order valence-electron chi connectivity index (χ3n) is 7.02. The highest BCUT2D eigenvalue weighted by Crippen LogP contribution is 2.39. The molecule has 11 heteroatoms. The van der Waals surface area contributed by atoms with E-state index in [1.807, 2.05) is 72.7 Å². The number of ether oxygens (including phenoxy) is 1. The summed E-state index contributed by atoms with van der Waals surface area (Å²) in [5.74, 6) is 2.16. The summed E-state index contributed by atoms with van der Waals surface area (Å²) in [6.07, 6.45) is 11.3. The van der Waals surface area contributed by atoms with Crippen LogP contribution in [0, 0.1) is 5.82 Å². The van der Waals surface area contributed by atoms with E-state index in [4.69, 9.17) is 9.73 Å². The van der Waals surface area contributed by atoms with E-state index in [0.29, 0.717) is 28.8 Å². The maximum atomic E-state index is 14.9. The van der Waals surface area contributed by atoms with Crippen LogP contribution in [-0.4, -0.2) is 70.5 Å². The number of aliphatic imine (C=N–C) groups is 2. The van der Waals surface area contributed by atoms with Gasteiger partial charge in [-0.15, -0.1) is 6.58 Å². The number of aromatic nitrogens is 4. The standard InChI is InChI=1S/C28H30FN9O.C3H6.3C2H6/c1-30-25(34-26-16-23(35-36-26)19-2-3-19)17-27(38-14-12-37(13-15-38)20-6-9-31-10-7-20)33-18-39-24-5-4-22-21(28(24)29)8-11-32-22;1-3-2;3*1-2/h4-11,16-17,19,32H,1-3,12-15,18H2,(H2,34,35,36);3H,1H2,2H3;3*1-2H3/b25-17+,33-27+;;;;. The van der Waals surface area contributed by atoms with Crippen LogP contribution in [0.5, 0.6) is 5.75 Å². The Hall–Kier alpha value is -4.93.